The summed E-state index contributed by atoms with van der Waals surface area (Å²) in [5.41, 5.74) is 5.97. The Morgan fingerprint density at radius 3 is 2.60 bits per heavy atom. The van der Waals surface area contributed by atoms with Crippen molar-refractivity contribution in [1.82, 2.24) is 15.6 Å². The van der Waals surface area contributed by atoms with Gasteiger partial charge in [0, 0.05) is 12.7 Å². The number of aromatic nitrogens is 1. The highest BCUT2D eigenvalue weighted by atomic mass is 35.5. The Labute approximate surface area is 124 Å². The number of carbonyl (C=O) groups excluding carboxylic acids is 2. The van der Waals surface area contributed by atoms with Crippen molar-refractivity contribution in [3.8, 4) is 0 Å². The zero-order chi connectivity index (χ0) is 13.9. The van der Waals surface area contributed by atoms with E-state index in [0.717, 1.165) is 25.9 Å². The maximum absolute atomic E-state index is 12.0. The third kappa shape index (κ3) is 3.98. The summed E-state index contributed by atoms with van der Waals surface area (Å²) >= 11 is 0. The molecule has 1 aromatic heterocycles. The van der Waals surface area contributed by atoms with Crippen LogP contribution < -0.4 is 16.4 Å². The number of H-pyrrole nitrogens is 1. The van der Waals surface area contributed by atoms with Crippen LogP contribution in [0.4, 0.5) is 0 Å². The molecule has 7 heteroatoms. The van der Waals surface area contributed by atoms with E-state index in [1.165, 1.54) is 12.3 Å². The molecule has 20 heavy (non-hydrogen) atoms. The third-order valence-electron chi connectivity index (χ3n) is 3.70. The van der Waals surface area contributed by atoms with E-state index in [0.29, 0.717) is 17.8 Å². The molecule has 1 aromatic rings. The molecule has 2 amide bonds. The van der Waals surface area contributed by atoms with Crippen LogP contribution in [0.3, 0.4) is 0 Å². The molecular formula is C13H21ClN4O2. The lowest BCUT2D eigenvalue weighted by Gasteiger charge is -2.34. The topological polar surface area (TPSA) is 100 Å². The standard InChI is InChI=1S/C13H20N4O2.ClH/c1-13(2-4-15-5-3-13)8-17-12(19)10-6-9(7-16-10)11(14)18;/h6-7,15-16H,2-5,8H2,1H3,(H2,14,18)(H,17,19);1H. The number of hydrogen-bond acceptors (Lipinski definition) is 3. The number of halogens is 1. The minimum absolute atomic E-state index is 0. The van der Waals surface area contributed by atoms with Crippen molar-refractivity contribution in [2.75, 3.05) is 19.6 Å². The van der Waals surface area contributed by atoms with E-state index in [2.05, 4.69) is 22.5 Å². The van der Waals surface area contributed by atoms with Crippen molar-refractivity contribution in [1.29, 1.82) is 0 Å². The largest absolute Gasteiger partial charge is 0.366 e. The highest BCUT2D eigenvalue weighted by Crippen LogP contribution is 2.26. The summed E-state index contributed by atoms with van der Waals surface area (Å²) in [6.07, 6.45) is 3.54. The maximum Gasteiger partial charge on any atom is 0.267 e. The molecule has 0 aliphatic carbocycles. The number of nitrogens with two attached hydrogens (primary N) is 1. The fourth-order valence-electron chi connectivity index (χ4n) is 2.26. The average Bonchev–Trinajstić information content (AvgIpc) is 2.87. The molecule has 6 nitrogen and oxygen atoms in total. The first kappa shape index (κ1) is 16.5. The SMILES string of the molecule is CC1(CNC(=O)c2cc(C(N)=O)c[nH]2)CCNCC1.Cl. The summed E-state index contributed by atoms with van der Waals surface area (Å²) in [6, 6.07) is 1.47. The average molecular weight is 301 g/mol. The van der Waals surface area contributed by atoms with Crippen LogP contribution in [0.25, 0.3) is 0 Å². The lowest BCUT2D eigenvalue weighted by atomic mass is 9.81. The predicted octanol–water partition coefficient (Wildman–Crippen LogP) is 0.655. The fraction of sp³-hybridized carbons (Fsp3) is 0.538. The van der Waals surface area contributed by atoms with Gasteiger partial charge in [-0.25, -0.2) is 0 Å². The number of amides is 2. The van der Waals surface area contributed by atoms with Crippen LogP contribution in [0.2, 0.25) is 0 Å². The number of rotatable bonds is 4. The zero-order valence-electron chi connectivity index (χ0n) is 11.5. The number of nitrogens with one attached hydrogen (secondary N) is 3. The van der Waals surface area contributed by atoms with E-state index in [-0.39, 0.29) is 23.7 Å². The molecule has 0 aromatic carbocycles. The molecule has 1 saturated heterocycles. The molecular weight excluding hydrogens is 280 g/mol. The van der Waals surface area contributed by atoms with E-state index in [4.69, 9.17) is 5.73 Å². The predicted molar refractivity (Wildman–Crippen MR) is 79.1 cm³/mol. The Kier molecular flexibility index (Phi) is 5.59. The van der Waals surface area contributed by atoms with E-state index >= 15 is 0 Å². The van der Waals surface area contributed by atoms with Gasteiger partial charge >= 0.3 is 0 Å². The van der Waals surface area contributed by atoms with Crippen molar-refractivity contribution in [3.05, 3.63) is 23.5 Å². The number of primary amides is 1. The second-order valence-electron chi connectivity index (χ2n) is 5.41. The Balaban J connectivity index is 0.00000200. The van der Waals surface area contributed by atoms with Crippen LogP contribution in [0, 0.1) is 5.41 Å². The van der Waals surface area contributed by atoms with Gasteiger partial charge in [0.05, 0.1) is 5.56 Å². The van der Waals surface area contributed by atoms with Crippen LogP contribution in [-0.2, 0) is 0 Å². The van der Waals surface area contributed by atoms with Gasteiger partial charge in [0.2, 0.25) is 5.91 Å². The second kappa shape index (κ2) is 6.76. The summed E-state index contributed by atoms with van der Waals surface area (Å²) in [4.78, 5) is 25.7. The van der Waals surface area contributed by atoms with Gasteiger partial charge in [-0.1, -0.05) is 6.92 Å². The van der Waals surface area contributed by atoms with Gasteiger partial charge in [-0.2, -0.15) is 0 Å². The quantitative estimate of drug-likeness (QED) is 0.657. The van der Waals surface area contributed by atoms with Crippen molar-refractivity contribution in [2.45, 2.75) is 19.8 Å². The molecule has 1 fully saturated rings. The molecule has 1 aliphatic rings. The van der Waals surface area contributed by atoms with Crippen molar-refractivity contribution >= 4 is 24.2 Å². The number of aromatic amines is 1. The van der Waals surface area contributed by atoms with Gasteiger partial charge < -0.3 is 21.4 Å². The lowest BCUT2D eigenvalue weighted by molar-refractivity contribution is 0.0917. The molecule has 112 valence electrons. The molecule has 0 spiro atoms. The lowest BCUT2D eigenvalue weighted by Crippen LogP contribution is -2.42. The monoisotopic (exact) mass is 300 g/mol. The highest BCUT2D eigenvalue weighted by Gasteiger charge is 2.27. The first-order valence-corrected chi connectivity index (χ1v) is 6.47. The van der Waals surface area contributed by atoms with Crippen LogP contribution in [0.5, 0.6) is 0 Å². The van der Waals surface area contributed by atoms with Crippen molar-refractivity contribution < 1.29 is 9.59 Å². The molecule has 0 bridgehead atoms. The van der Waals surface area contributed by atoms with Crippen LogP contribution in [0.15, 0.2) is 12.3 Å². The van der Waals surface area contributed by atoms with Crippen LogP contribution in [-0.4, -0.2) is 36.4 Å². The van der Waals surface area contributed by atoms with Crippen LogP contribution >= 0.6 is 12.4 Å². The minimum Gasteiger partial charge on any atom is -0.366 e. The van der Waals surface area contributed by atoms with Gasteiger partial charge in [-0.15, -0.1) is 12.4 Å². The Morgan fingerprint density at radius 1 is 1.40 bits per heavy atom. The van der Waals surface area contributed by atoms with Gasteiger partial charge in [-0.05, 0) is 37.4 Å². The molecule has 1 aliphatic heterocycles. The third-order valence-corrected chi connectivity index (χ3v) is 3.70. The Bertz CT molecular complexity index is 480. The summed E-state index contributed by atoms with van der Waals surface area (Å²) in [5.74, 6) is -0.743. The van der Waals surface area contributed by atoms with Gasteiger partial charge in [0.1, 0.15) is 5.69 Å². The fourth-order valence-corrected chi connectivity index (χ4v) is 2.26. The summed E-state index contributed by atoms with van der Waals surface area (Å²) in [5, 5.41) is 6.22. The number of piperidine rings is 1. The molecule has 2 heterocycles. The molecule has 2 rings (SSSR count). The maximum atomic E-state index is 12.0. The van der Waals surface area contributed by atoms with Gasteiger partial charge in [-0.3, -0.25) is 9.59 Å². The molecule has 0 unspecified atom stereocenters. The van der Waals surface area contributed by atoms with Crippen molar-refractivity contribution in [3.63, 3.8) is 0 Å². The summed E-state index contributed by atoms with van der Waals surface area (Å²) in [6.45, 7) is 4.79. The van der Waals surface area contributed by atoms with Crippen LogP contribution in [0.1, 0.15) is 40.6 Å². The summed E-state index contributed by atoms with van der Waals surface area (Å²) < 4.78 is 0. The second-order valence-corrected chi connectivity index (χ2v) is 5.41. The van der Waals surface area contributed by atoms with E-state index in [1.807, 2.05) is 0 Å². The van der Waals surface area contributed by atoms with Crippen molar-refractivity contribution in [2.24, 2.45) is 11.1 Å². The van der Waals surface area contributed by atoms with Gasteiger partial charge in [0.25, 0.3) is 5.91 Å². The Morgan fingerprint density at radius 2 is 2.05 bits per heavy atom. The van der Waals surface area contributed by atoms with E-state index in [1.54, 1.807) is 0 Å². The normalized spacial score (nSPS) is 17.1. The smallest absolute Gasteiger partial charge is 0.267 e. The molecule has 0 radical (unpaired) electrons. The molecule has 0 saturated carbocycles. The zero-order valence-corrected chi connectivity index (χ0v) is 12.3. The van der Waals surface area contributed by atoms with E-state index < -0.39 is 5.91 Å². The molecule has 0 atom stereocenters. The first-order chi connectivity index (χ1) is 9.00. The number of carbonyl (C=O) groups is 2. The molecule has 5 N–H and O–H groups in total. The highest BCUT2D eigenvalue weighted by molar-refractivity contribution is 5.98. The first-order valence-electron chi connectivity index (χ1n) is 6.47. The Hall–Kier alpha value is -1.53. The number of hydrogen-bond donors (Lipinski definition) is 4. The summed E-state index contributed by atoms with van der Waals surface area (Å²) in [7, 11) is 0. The minimum atomic E-state index is -0.541. The van der Waals surface area contributed by atoms with Gasteiger partial charge in [0.15, 0.2) is 0 Å². The van der Waals surface area contributed by atoms with E-state index in [9.17, 15) is 9.59 Å².